The predicted octanol–water partition coefficient (Wildman–Crippen LogP) is 4.27. The molecular formula is C26H30FN5O2. The molecule has 0 bridgehead atoms. The number of aromatic nitrogens is 2. The molecule has 0 spiro atoms. The van der Waals surface area contributed by atoms with Gasteiger partial charge in [0.25, 0.3) is 0 Å². The summed E-state index contributed by atoms with van der Waals surface area (Å²) >= 11 is 0. The van der Waals surface area contributed by atoms with Gasteiger partial charge < -0.3 is 24.8 Å². The van der Waals surface area contributed by atoms with Crippen molar-refractivity contribution in [3.8, 4) is 16.9 Å². The molecule has 2 amide bonds. The second kappa shape index (κ2) is 9.85. The Hall–Kier alpha value is -3.39. The number of methoxy groups -OCH3 is 1. The van der Waals surface area contributed by atoms with E-state index >= 15 is 0 Å². The minimum atomic E-state index is -0.315. The van der Waals surface area contributed by atoms with Gasteiger partial charge in [0.2, 0.25) is 0 Å². The van der Waals surface area contributed by atoms with Gasteiger partial charge in [-0.3, -0.25) is 0 Å². The second-order valence-corrected chi connectivity index (χ2v) is 8.85. The van der Waals surface area contributed by atoms with Crippen LogP contribution in [0.5, 0.6) is 5.75 Å². The summed E-state index contributed by atoms with van der Waals surface area (Å²) in [4.78, 5) is 24.7. The van der Waals surface area contributed by atoms with Gasteiger partial charge in [0, 0.05) is 49.0 Å². The van der Waals surface area contributed by atoms with E-state index in [2.05, 4.69) is 32.3 Å². The largest absolute Gasteiger partial charge is 0.496 e. The number of fused-ring (bicyclic) bond motifs is 1. The lowest BCUT2D eigenvalue weighted by Gasteiger charge is -2.27. The third kappa shape index (κ3) is 4.63. The number of carbonyl (C=O) groups excluding carboxylic acids is 1. The van der Waals surface area contributed by atoms with Crippen molar-refractivity contribution in [1.82, 2.24) is 25.1 Å². The van der Waals surface area contributed by atoms with Gasteiger partial charge in [-0.15, -0.1) is 0 Å². The maximum atomic E-state index is 14.0. The molecule has 1 saturated heterocycles. The number of ether oxygens (including phenoxy) is 1. The number of hydrogen-bond donors (Lipinski definition) is 2. The molecule has 3 aromatic rings. The summed E-state index contributed by atoms with van der Waals surface area (Å²) in [5, 5.41) is 3.96. The van der Waals surface area contributed by atoms with Crippen LogP contribution in [0.2, 0.25) is 0 Å². The molecule has 8 heteroatoms. The summed E-state index contributed by atoms with van der Waals surface area (Å²) in [7, 11) is 1.58. The van der Waals surface area contributed by atoms with E-state index in [1.165, 1.54) is 25.0 Å². The highest BCUT2D eigenvalue weighted by Gasteiger charge is 2.20. The van der Waals surface area contributed by atoms with Crippen molar-refractivity contribution in [2.75, 3.05) is 46.4 Å². The predicted molar refractivity (Wildman–Crippen MR) is 131 cm³/mol. The van der Waals surface area contributed by atoms with Gasteiger partial charge in [-0.1, -0.05) is 6.08 Å². The van der Waals surface area contributed by atoms with E-state index in [0.717, 1.165) is 53.9 Å². The topological polar surface area (TPSA) is 73.5 Å². The summed E-state index contributed by atoms with van der Waals surface area (Å²) in [6, 6.07) is 8.44. The fourth-order valence-electron chi connectivity index (χ4n) is 4.86. The van der Waals surface area contributed by atoms with Crippen molar-refractivity contribution in [3.05, 3.63) is 54.1 Å². The summed E-state index contributed by atoms with van der Waals surface area (Å²) in [6.07, 6.45) is 7.08. The molecule has 2 N–H and O–H groups in total. The van der Waals surface area contributed by atoms with Gasteiger partial charge in [-0.05, 0) is 73.8 Å². The van der Waals surface area contributed by atoms with Crippen molar-refractivity contribution in [2.45, 2.75) is 19.3 Å². The van der Waals surface area contributed by atoms with Crippen LogP contribution in [0.3, 0.4) is 0 Å². The molecule has 5 rings (SSSR count). The van der Waals surface area contributed by atoms with E-state index in [-0.39, 0.29) is 11.8 Å². The molecule has 0 unspecified atom stereocenters. The summed E-state index contributed by atoms with van der Waals surface area (Å²) in [6.45, 7) is 5.11. The highest BCUT2D eigenvalue weighted by molar-refractivity contribution is 5.96. The first kappa shape index (κ1) is 22.4. The van der Waals surface area contributed by atoms with E-state index in [1.54, 1.807) is 19.4 Å². The van der Waals surface area contributed by atoms with Crippen LogP contribution in [0, 0.1) is 5.82 Å². The van der Waals surface area contributed by atoms with Crippen molar-refractivity contribution in [1.29, 1.82) is 0 Å². The van der Waals surface area contributed by atoms with Crippen LogP contribution in [0.25, 0.3) is 27.7 Å². The van der Waals surface area contributed by atoms with Crippen molar-refractivity contribution in [3.63, 3.8) is 0 Å². The lowest BCUT2D eigenvalue weighted by molar-refractivity contribution is 0.201. The standard InChI is InChI=1S/C26H30FN5O2/c1-34-24-5-4-19(27)16-21(24)20-6-9-28-25-22(20)17-23(30-25)18-7-13-32(14-8-18)26(33)29-10-15-31-11-2-3-12-31/h4-7,9,16-17H,2-3,8,10-15H2,1H3,(H,28,30)(H,29,33). The molecule has 0 atom stereocenters. The van der Waals surface area contributed by atoms with Crippen LogP contribution >= 0.6 is 0 Å². The van der Waals surface area contributed by atoms with Crippen molar-refractivity contribution >= 4 is 22.6 Å². The van der Waals surface area contributed by atoms with E-state index in [1.807, 2.05) is 11.0 Å². The second-order valence-electron chi connectivity index (χ2n) is 8.85. The number of halogens is 1. The zero-order chi connectivity index (χ0) is 23.5. The molecule has 178 valence electrons. The Balaban J connectivity index is 1.30. The summed E-state index contributed by atoms with van der Waals surface area (Å²) in [5.41, 5.74) is 4.41. The molecule has 4 heterocycles. The number of nitrogens with one attached hydrogen (secondary N) is 2. The van der Waals surface area contributed by atoms with Gasteiger partial charge >= 0.3 is 6.03 Å². The van der Waals surface area contributed by atoms with Crippen LogP contribution in [0.4, 0.5) is 9.18 Å². The molecule has 1 aromatic carbocycles. The molecule has 34 heavy (non-hydrogen) atoms. The molecule has 0 saturated carbocycles. The molecule has 0 radical (unpaired) electrons. The zero-order valence-electron chi connectivity index (χ0n) is 19.4. The van der Waals surface area contributed by atoms with Crippen LogP contribution in [-0.2, 0) is 0 Å². The molecular weight excluding hydrogens is 433 g/mol. The van der Waals surface area contributed by atoms with Crippen LogP contribution in [-0.4, -0.2) is 72.2 Å². The number of urea groups is 1. The highest BCUT2D eigenvalue weighted by Crippen LogP contribution is 2.36. The quantitative estimate of drug-likeness (QED) is 0.573. The van der Waals surface area contributed by atoms with Gasteiger partial charge in [-0.2, -0.15) is 0 Å². The van der Waals surface area contributed by atoms with Crippen LogP contribution < -0.4 is 10.1 Å². The molecule has 2 aromatic heterocycles. The number of nitrogens with zero attached hydrogens (tertiary/aromatic N) is 3. The molecule has 1 fully saturated rings. The maximum Gasteiger partial charge on any atom is 0.317 e. The van der Waals surface area contributed by atoms with Crippen molar-refractivity contribution < 1.29 is 13.9 Å². The number of rotatable bonds is 6. The Kier molecular flexibility index (Phi) is 6.49. The van der Waals surface area contributed by atoms with Gasteiger partial charge in [0.1, 0.15) is 17.2 Å². The summed E-state index contributed by atoms with van der Waals surface area (Å²) in [5.74, 6) is 0.297. The average Bonchev–Trinajstić information content (AvgIpc) is 3.54. The fourth-order valence-corrected chi connectivity index (χ4v) is 4.86. The normalized spacial score (nSPS) is 16.6. The molecule has 0 aliphatic carbocycles. The number of H-pyrrole nitrogens is 1. The van der Waals surface area contributed by atoms with Gasteiger partial charge in [0.05, 0.1) is 7.11 Å². The highest BCUT2D eigenvalue weighted by atomic mass is 19.1. The number of amides is 2. The average molecular weight is 464 g/mol. The number of pyridine rings is 1. The third-order valence-electron chi connectivity index (χ3n) is 6.73. The summed E-state index contributed by atoms with van der Waals surface area (Å²) < 4.78 is 19.5. The number of likely N-dealkylation sites (tertiary alicyclic amines) is 1. The fraction of sp³-hybridized carbons (Fsp3) is 0.385. The first-order valence-electron chi connectivity index (χ1n) is 11.9. The Bertz CT molecular complexity index is 1220. The van der Waals surface area contributed by atoms with E-state index in [9.17, 15) is 9.18 Å². The maximum absolute atomic E-state index is 14.0. The number of benzene rings is 1. The third-order valence-corrected chi connectivity index (χ3v) is 6.73. The van der Waals surface area contributed by atoms with E-state index in [0.29, 0.717) is 30.9 Å². The van der Waals surface area contributed by atoms with Crippen molar-refractivity contribution in [2.24, 2.45) is 0 Å². The van der Waals surface area contributed by atoms with Crippen LogP contribution in [0.1, 0.15) is 25.0 Å². The zero-order valence-corrected chi connectivity index (χ0v) is 19.4. The smallest absolute Gasteiger partial charge is 0.317 e. The minimum absolute atomic E-state index is 0.00621. The van der Waals surface area contributed by atoms with Gasteiger partial charge in [-0.25, -0.2) is 14.2 Å². The lowest BCUT2D eigenvalue weighted by atomic mass is 10.0. The Morgan fingerprint density at radius 2 is 2.03 bits per heavy atom. The Morgan fingerprint density at radius 3 is 2.79 bits per heavy atom. The van der Waals surface area contributed by atoms with E-state index < -0.39 is 0 Å². The Labute approximate surface area is 198 Å². The molecule has 2 aliphatic rings. The van der Waals surface area contributed by atoms with E-state index in [4.69, 9.17) is 4.74 Å². The molecule has 7 nitrogen and oxygen atoms in total. The first-order valence-corrected chi connectivity index (χ1v) is 11.9. The first-order chi connectivity index (χ1) is 16.6. The SMILES string of the molecule is COc1ccc(F)cc1-c1ccnc2[nH]c(C3=CCN(C(=O)NCCN4CCCC4)CC3)cc12. The minimum Gasteiger partial charge on any atom is -0.496 e. The molecule has 2 aliphatic heterocycles. The van der Waals surface area contributed by atoms with Gasteiger partial charge in [0.15, 0.2) is 0 Å². The number of carbonyl (C=O) groups is 1. The number of aromatic amines is 1. The number of hydrogen-bond acceptors (Lipinski definition) is 4. The Morgan fingerprint density at radius 1 is 1.18 bits per heavy atom. The lowest BCUT2D eigenvalue weighted by Crippen LogP contribution is -2.44. The monoisotopic (exact) mass is 463 g/mol. The van der Waals surface area contributed by atoms with Crippen LogP contribution in [0.15, 0.2) is 42.6 Å².